The first-order valence-corrected chi connectivity index (χ1v) is 8.80. The van der Waals surface area contributed by atoms with Crippen LogP contribution >= 0.6 is 11.6 Å². The lowest BCUT2D eigenvalue weighted by Crippen LogP contribution is -2.15. The summed E-state index contributed by atoms with van der Waals surface area (Å²) in [5.41, 5.74) is 2.95. The number of aromatic nitrogens is 1. The smallest absolute Gasteiger partial charge is 0.231 e. The molecule has 0 aliphatic carbocycles. The van der Waals surface area contributed by atoms with Crippen molar-refractivity contribution in [3.8, 4) is 23.0 Å². The molecule has 1 amide bonds. The number of hydrogen-bond acceptors (Lipinski definition) is 5. The van der Waals surface area contributed by atoms with Crippen LogP contribution in [-0.4, -0.2) is 17.7 Å². The lowest BCUT2D eigenvalue weighted by atomic mass is 10.2. The molecule has 138 valence electrons. The minimum Gasteiger partial charge on any atom is -0.454 e. The van der Waals surface area contributed by atoms with E-state index in [1.807, 2.05) is 37.3 Å². The molecule has 2 heterocycles. The zero-order chi connectivity index (χ0) is 19.0. The van der Waals surface area contributed by atoms with Crippen molar-refractivity contribution < 1.29 is 18.7 Å². The van der Waals surface area contributed by atoms with Gasteiger partial charge < -0.3 is 19.2 Å². The molecular weight excluding hydrogens is 368 g/mol. The Balaban J connectivity index is 1.49. The molecule has 7 heteroatoms. The second-order valence-electron chi connectivity index (χ2n) is 6.28. The SMILES string of the molecule is Cc1ccc(NC(=O)Cc2nc(-c3ccc4c(c3)OCO4)oc2C)cc1Cl. The van der Waals surface area contributed by atoms with E-state index in [1.54, 1.807) is 13.0 Å². The van der Waals surface area contributed by atoms with E-state index in [-0.39, 0.29) is 19.1 Å². The third-order valence-electron chi connectivity index (χ3n) is 4.30. The molecule has 4 rings (SSSR count). The fraction of sp³-hybridized carbons (Fsp3) is 0.200. The second-order valence-corrected chi connectivity index (χ2v) is 6.69. The fourth-order valence-electron chi connectivity index (χ4n) is 2.77. The van der Waals surface area contributed by atoms with E-state index in [9.17, 15) is 4.79 Å². The zero-order valence-electron chi connectivity index (χ0n) is 14.8. The first-order chi connectivity index (χ1) is 13.0. The fourth-order valence-corrected chi connectivity index (χ4v) is 2.95. The number of aryl methyl sites for hydroxylation is 2. The third-order valence-corrected chi connectivity index (χ3v) is 4.70. The maximum Gasteiger partial charge on any atom is 0.231 e. The molecule has 27 heavy (non-hydrogen) atoms. The Morgan fingerprint density at radius 1 is 1.15 bits per heavy atom. The summed E-state index contributed by atoms with van der Waals surface area (Å²) in [4.78, 5) is 16.8. The summed E-state index contributed by atoms with van der Waals surface area (Å²) >= 11 is 6.10. The molecule has 0 bridgehead atoms. The topological polar surface area (TPSA) is 73.6 Å². The zero-order valence-corrected chi connectivity index (χ0v) is 15.6. The van der Waals surface area contributed by atoms with Crippen molar-refractivity contribution in [1.82, 2.24) is 4.98 Å². The Hall–Kier alpha value is -2.99. The molecule has 1 aliphatic rings. The first-order valence-electron chi connectivity index (χ1n) is 8.42. The molecule has 0 radical (unpaired) electrons. The lowest BCUT2D eigenvalue weighted by molar-refractivity contribution is -0.115. The summed E-state index contributed by atoms with van der Waals surface area (Å²) in [7, 11) is 0. The summed E-state index contributed by atoms with van der Waals surface area (Å²) in [5.74, 6) is 2.19. The van der Waals surface area contributed by atoms with Gasteiger partial charge in [0.2, 0.25) is 18.6 Å². The van der Waals surface area contributed by atoms with Crippen LogP contribution in [0, 0.1) is 13.8 Å². The normalized spacial score (nSPS) is 12.3. The highest BCUT2D eigenvalue weighted by Gasteiger charge is 2.18. The average Bonchev–Trinajstić information content (AvgIpc) is 3.24. The van der Waals surface area contributed by atoms with Crippen LogP contribution in [0.3, 0.4) is 0 Å². The van der Waals surface area contributed by atoms with Crippen molar-refractivity contribution in [3.63, 3.8) is 0 Å². The first kappa shape index (κ1) is 17.4. The van der Waals surface area contributed by atoms with Crippen molar-refractivity contribution in [2.24, 2.45) is 0 Å². The summed E-state index contributed by atoms with van der Waals surface area (Å²) < 4.78 is 16.4. The number of rotatable bonds is 4. The van der Waals surface area contributed by atoms with Gasteiger partial charge in [0.25, 0.3) is 0 Å². The predicted octanol–water partition coefficient (Wildman–Crippen LogP) is 4.52. The van der Waals surface area contributed by atoms with E-state index < -0.39 is 0 Å². The van der Waals surface area contributed by atoms with E-state index in [4.69, 9.17) is 25.5 Å². The number of benzene rings is 2. The molecule has 0 saturated heterocycles. The Bertz CT molecular complexity index is 1030. The number of hydrogen-bond donors (Lipinski definition) is 1. The number of nitrogens with zero attached hydrogens (tertiary/aromatic N) is 1. The Morgan fingerprint density at radius 3 is 2.78 bits per heavy atom. The third kappa shape index (κ3) is 3.61. The molecule has 1 aromatic heterocycles. The second kappa shape index (κ2) is 6.96. The molecule has 1 aliphatic heterocycles. The maximum atomic E-state index is 12.4. The van der Waals surface area contributed by atoms with Crippen LogP contribution in [0.4, 0.5) is 5.69 Å². The van der Waals surface area contributed by atoms with Crippen molar-refractivity contribution in [2.75, 3.05) is 12.1 Å². The lowest BCUT2D eigenvalue weighted by Gasteiger charge is -2.06. The van der Waals surface area contributed by atoms with Crippen molar-refractivity contribution in [3.05, 3.63) is 58.4 Å². The molecule has 2 aromatic carbocycles. The van der Waals surface area contributed by atoms with Crippen LogP contribution in [-0.2, 0) is 11.2 Å². The van der Waals surface area contributed by atoms with Gasteiger partial charge in [-0.3, -0.25) is 4.79 Å². The summed E-state index contributed by atoms with van der Waals surface area (Å²) in [5, 5.41) is 3.43. The number of fused-ring (bicyclic) bond motifs is 1. The van der Waals surface area contributed by atoms with Crippen LogP contribution in [0.25, 0.3) is 11.5 Å². The Labute approximate surface area is 161 Å². The summed E-state index contributed by atoms with van der Waals surface area (Å²) in [6.07, 6.45) is 0.103. The van der Waals surface area contributed by atoms with Crippen molar-refractivity contribution in [1.29, 1.82) is 0 Å². The van der Waals surface area contributed by atoms with Gasteiger partial charge in [-0.25, -0.2) is 4.98 Å². The Morgan fingerprint density at radius 2 is 1.96 bits per heavy atom. The highest BCUT2D eigenvalue weighted by molar-refractivity contribution is 6.31. The molecule has 0 spiro atoms. The number of ether oxygens (including phenoxy) is 2. The van der Waals surface area contributed by atoms with E-state index in [2.05, 4.69) is 10.3 Å². The van der Waals surface area contributed by atoms with E-state index in [1.165, 1.54) is 0 Å². The highest BCUT2D eigenvalue weighted by Crippen LogP contribution is 2.36. The highest BCUT2D eigenvalue weighted by atomic mass is 35.5. The van der Waals surface area contributed by atoms with Gasteiger partial charge in [0, 0.05) is 16.3 Å². The molecule has 3 aromatic rings. The van der Waals surface area contributed by atoms with Gasteiger partial charge in [-0.1, -0.05) is 17.7 Å². The maximum absolute atomic E-state index is 12.4. The number of carbonyl (C=O) groups excluding carboxylic acids is 1. The predicted molar refractivity (Wildman–Crippen MR) is 101 cm³/mol. The standard InChI is InChI=1S/C20H17ClN2O4/c1-11-3-5-14(8-15(11)21)22-19(24)9-16-12(2)27-20(23-16)13-4-6-17-18(7-13)26-10-25-17/h3-8H,9-10H2,1-2H3,(H,22,24). The summed E-state index contributed by atoms with van der Waals surface area (Å²) in [6.45, 7) is 3.90. The number of carbonyl (C=O) groups is 1. The number of halogens is 1. The largest absolute Gasteiger partial charge is 0.454 e. The quantitative estimate of drug-likeness (QED) is 0.715. The van der Waals surface area contributed by atoms with E-state index in [0.717, 1.165) is 11.1 Å². The molecule has 1 N–H and O–H groups in total. The number of anilines is 1. The number of amides is 1. The summed E-state index contributed by atoms with van der Waals surface area (Å²) in [6, 6.07) is 10.9. The van der Waals surface area contributed by atoms with Crippen LogP contribution < -0.4 is 14.8 Å². The van der Waals surface area contributed by atoms with Crippen molar-refractivity contribution >= 4 is 23.2 Å². The minimum absolute atomic E-state index is 0.103. The molecule has 0 atom stereocenters. The Kier molecular flexibility index (Phi) is 4.49. The minimum atomic E-state index is -0.191. The van der Waals surface area contributed by atoms with Gasteiger partial charge >= 0.3 is 0 Å². The molecular formula is C20H17ClN2O4. The van der Waals surface area contributed by atoms with Crippen LogP contribution in [0.2, 0.25) is 5.02 Å². The van der Waals surface area contributed by atoms with Gasteiger partial charge in [-0.15, -0.1) is 0 Å². The molecule has 0 fully saturated rings. The molecule has 0 saturated carbocycles. The van der Waals surface area contributed by atoms with Crippen LogP contribution in [0.5, 0.6) is 11.5 Å². The van der Waals surface area contributed by atoms with Crippen LogP contribution in [0.15, 0.2) is 40.8 Å². The van der Waals surface area contributed by atoms with Crippen LogP contribution in [0.1, 0.15) is 17.0 Å². The monoisotopic (exact) mass is 384 g/mol. The van der Waals surface area contributed by atoms with Crippen molar-refractivity contribution in [2.45, 2.75) is 20.3 Å². The van der Waals surface area contributed by atoms with Gasteiger partial charge in [0.15, 0.2) is 11.5 Å². The van der Waals surface area contributed by atoms with Gasteiger partial charge in [0.05, 0.1) is 12.1 Å². The average molecular weight is 385 g/mol. The van der Waals surface area contributed by atoms with Gasteiger partial charge in [-0.05, 0) is 49.7 Å². The number of oxazole rings is 1. The van der Waals surface area contributed by atoms with E-state index in [0.29, 0.717) is 39.6 Å². The van der Waals surface area contributed by atoms with Gasteiger partial charge in [0.1, 0.15) is 5.76 Å². The molecule has 6 nitrogen and oxygen atoms in total. The van der Waals surface area contributed by atoms with E-state index >= 15 is 0 Å². The van der Waals surface area contributed by atoms with Gasteiger partial charge in [-0.2, -0.15) is 0 Å². The molecule has 0 unspecified atom stereocenters. The number of nitrogens with one attached hydrogen (secondary N) is 1.